The number of rotatable bonds is 5. The summed E-state index contributed by atoms with van der Waals surface area (Å²) in [6.07, 6.45) is 2.93. The molecule has 2 unspecified atom stereocenters. The lowest BCUT2D eigenvalue weighted by Gasteiger charge is -2.20. The van der Waals surface area contributed by atoms with Crippen LogP contribution in [-0.2, 0) is 13.5 Å². The molecule has 1 heterocycles. The summed E-state index contributed by atoms with van der Waals surface area (Å²) in [5.74, 6) is -0.186. The Kier molecular flexibility index (Phi) is 4.55. The maximum Gasteiger partial charge on any atom is 0.123 e. The largest absolute Gasteiger partial charge is 0.307 e. The molecule has 0 aliphatic heterocycles. The van der Waals surface area contributed by atoms with E-state index in [0.717, 1.165) is 17.7 Å². The second-order valence-electron chi connectivity index (χ2n) is 5.46. The van der Waals surface area contributed by atoms with Gasteiger partial charge in [0.25, 0.3) is 0 Å². The molecule has 1 N–H and O–H groups in total. The molecule has 0 spiro atoms. The molecule has 0 radical (unpaired) electrons. The van der Waals surface area contributed by atoms with Crippen molar-refractivity contribution in [2.24, 2.45) is 7.05 Å². The van der Waals surface area contributed by atoms with Gasteiger partial charge in [-0.05, 0) is 44.9 Å². The first-order chi connectivity index (χ1) is 9.45. The Morgan fingerprint density at radius 2 is 1.90 bits per heavy atom. The third kappa shape index (κ3) is 3.67. The van der Waals surface area contributed by atoms with Crippen molar-refractivity contribution >= 4 is 0 Å². The normalized spacial score (nSPS) is 14.2. The molecule has 2 aromatic rings. The van der Waals surface area contributed by atoms with Crippen molar-refractivity contribution in [2.75, 3.05) is 0 Å². The SMILES string of the molecule is Cc1nn(C)cc1C(C)NC(C)Cc1ccc(F)cc1. The lowest BCUT2D eigenvalue weighted by atomic mass is 10.0. The predicted octanol–water partition coefficient (Wildman–Crippen LogP) is 3.15. The number of halogens is 1. The van der Waals surface area contributed by atoms with Gasteiger partial charge in [-0.3, -0.25) is 4.68 Å². The number of nitrogens with one attached hydrogen (secondary N) is 1. The Bertz CT molecular complexity index is 560. The van der Waals surface area contributed by atoms with E-state index in [2.05, 4.69) is 30.5 Å². The first-order valence-electron chi connectivity index (χ1n) is 6.96. The fourth-order valence-electron chi connectivity index (χ4n) is 2.59. The first kappa shape index (κ1) is 14.7. The summed E-state index contributed by atoms with van der Waals surface area (Å²) < 4.78 is 14.7. The van der Waals surface area contributed by atoms with Gasteiger partial charge in [0.15, 0.2) is 0 Å². The molecule has 20 heavy (non-hydrogen) atoms. The molecule has 108 valence electrons. The molecule has 3 nitrogen and oxygen atoms in total. The summed E-state index contributed by atoms with van der Waals surface area (Å²) in [5, 5.41) is 7.93. The van der Waals surface area contributed by atoms with E-state index in [9.17, 15) is 4.39 Å². The van der Waals surface area contributed by atoms with Gasteiger partial charge in [0.2, 0.25) is 0 Å². The van der Waals surface area contributed by atoms with Crippen LogP contribution in [0.25, 0.3) is 0 Å². The van der Waals surface area contributed by atoms with Crippen LogP contribution in [0.1, 0.15) is 36.7 Å². The molecule has 0 aliphatic rings. The number of benzene rings is 1. The van der Waals surface area contributed by atoms with Crippen LogP contribution in [0.2, 0.25) is 0 Å². The van der Waals surface area contributed by atoms with Gasteiger partial charge in [-0.2, -0.15) is 5.10 Å². The Labute approximate surface area is 119 Å². The molecule has 0 amide bonds. The smallest absolute Gasteiger partial charge is 0.123 e. The van der Waals surface area contributed by atoms with Gasteiger partial charge in [0.05, 0.1) is 5.69 Å². The molecule has 0 bridgehead atoms. The van der Waals surface area contributed by atoms with Gasteiger partial charge in [0.1, 0.15) is 5.82 Å². The zero-order valence-electron chi connectivity index (χ0n) is 12.5. The van der Waals surface area contributed by atoms with Crippen molar-refractivity contribution in [1.29, 1.82) is 0 Å². The molecule has 0 saturated heterocycles. The molecule has 0 fully saturated rings. The van der Waals surface area contributed by atoms with E-state index in [4.69, 9.17) is 0 Å². The second-order valence-corrected chi connectivity index (χ2v) is 5.46. The Balaban J connectivity index is 1.95. The van der Waals surface area contributed by atoms with E-state index in [1.807, 2.05) is 30.8 Å². The third-order valence-electron chi connectivity index (χ3n) is 3.51. The molecule has 2 rings (SSSR count). The van der Waals surface area contributed by atoms with E-state index in [0.29, 0.717) is 6.04 Å². The van der Waals surface area contributed by atoms with Crippen LogP contribution in [0.15, 0.2) is 30.5 Å². The van der Waals surface area contributed by atoms with Crippen LogP contribution in [0.3, 0.4) is 0 Å². The van der Waals surface area contributed by atoms with E-state index in [-0.39, 0.29) is 11.9 Å². The molecular formula is C16H22FN3. The summed E-state index contributed by atoms with van der Waals surface area (Å²) in [7, 11) is 1.94. The van der Waals surface area contributed by atoms with Gasteiger partial charge < -0.3 is 5.32 Å². The molecule has 4 heteroatoms. The predicted molar refractivity (Wildman–Crippen MR) is 79.1 cm³/mol. The number of aromatic nitrogens is 2. The minimum Gasteiger partial charge on any atom is -0.307 e. The van der Waals surface area contributed by atoms with Gasteiger partial charge in [-0.15, -0.1) is 0 Å². The van der Waals surface area contributed by atoms with Crippen LogP contribution in [-0.4, -0.2) is 15.8 Å². The molecule has 0 aliphatic carbocycles. The van der Waals surface area contributed by atoms with Crippen molar-refractivity contribution in [1.82, 2.24) is 15.1 Å². The lowest BCUT2D eigenvalue weighted by molar-refractivity contribution is 0.475. The molecule has 2 atom stereocenters. The zero-order valence-corrected chi connectivity index (χ0v) is 12.5. The molecule has 1 aromatic carbocycles. The fourth-order valence-corrected chi connectivity index (χ4v) is 2.59. The molecular weight excluding hydrogens is 253 g/mol. The monoisotopic (exact) mass is 275 g/mol. The topological polar surface area (TPSA) is 29.9 Å². The van der Waals surface area contributed by atoms with E-state index in [1.165, 1.54) is 17.7 Å². The second kappa shape index (κ2) is 6.18. The summed E-state index contributed by atoms with van der Waals surface area (Å²) in [4.78, 5) is 0. The highest BCUT2D eigenvalue weighted by molar-refractivity contribution is 5.20. The molecule has 0 saturated carbocycles. The Hall–Kier alpha value is -1.68. The highest BCUT2D eigenvalue weighted by Gasteiger charge is 2.14. The third-order valence-corrected chi connectivity index (χ3v) is 3.51. The minimum absolute atomic E-state index is 0.186. The van der Waals surface area contributed by atoms with Crippen molar-refractivity contribution in [3.05, 3.63) is 53.1 Å². The fraction of sp³-hybridized carbons (Fsp3) is 0.438. The van der Waals surface area contributed by atoms with Gasteiger partial charge in [-0.1, -0.05) is 12.1 Å². The lowest BCUT2D eigenvalue weighted by Crippen LogP contribution is -2.30. The zero-order chi connectivity index (χ0) is 14.7. The summed E-state index contributed by atoms with van der Waals surface area (Å²) in [6, 6.07) is 7.27. The van der Waals surface area contributed by atoms with Crippen molar-refractivity contribution in [3.63, 3.8) is 0 Å². The van der Waals surface area contributed by atoms with Crippen molar-refractivity contribution < 1.29 is 4.39 Å². The maximum atomic E-state index is 12.9. The van der Waals surface area contributed by atoms with Crippen LogP contribution in [0.4, 0.5) is 4.39 Å². The highest BCUT2D eigenvalue weighted by Crippen LogP contribution is 2.17. The summed E-state index contributed by atoms with van der Waals surface area (Å²) in [6.45, 7) is 6.31. The van der Waals surface area contributed by atoms with Crippen molar-refractivity contribution in [2.45, 2.75) is 39.3 Å². The first-order valence-corrected chi connectivity index (χ1v) is 6.96. The average molecular weight is 275 g/mol. The molecule has 1 aromatic heterocycles. The quantitative estimate of drug-likeness (QED) is 0.908. The van der Waals surface area contributed by atoms with Gasteiger partial charge >= 0.3 is 0 Å². The summed E-state index contributed by atoms with van der Waals surface area (Å²) in [5.41, 5.74) is 3.42. The van der Waals surface area contributed by atoms with E-state index >= 15 is 0 Å². The van der Waals surface area contributed by atoms with Crippen LogP contribution < -0.4 is 5.32 Å². The van der Waals surface area contributed by atoms with Gasteiger partial charge in [0, 0.05) is 30.9 Å². The van der Waals surface area contributed by atoms with Crippen LogP contribution >= 0.6 is 0 Å². The summed E-state index contributed by atoms with van der Waals surface area (Å²) >= 11 is 0. The number of aryl methyl sites for hydroxylation is 2. The number of hydrogen-bond donors (Lipinski definition) is 1. The maximum absolute atomic E-state index is 12.9. The average Bonchev–Trinajstić information content (AvgIpc) is 2.71. The van der Waals surface area contributed by atoms with Gasteiger partial charge in [-0.25, -0.2) is 4.39 Å². The van der Waals surface area contributed by atoms with Crippen molar-refractivity contribution in [3.8, 4) is 0 Å². The standard InChI is InChI=1S/C16H22FN3/c1-11(9-14-5-7-15(17)8-6-14)18-12(2)16-10-20(4)19-13(16)3/h5-8,10-12,18H,9H2,1-4H3. The minimum atomic E-state index is -0.186. The Morgan fingerprint density at radius 1 is 1.25 bits per heavy atom. The number of nitrogens with zero attached hydrogens (tertiary/aromatic N) is 2. The van der Waals surface area contributed by atoms with E-state index in [1.54, 1.807) is 0 Å². The van der Waals surface area contributed by atoms with Crippen LogP contribution in [0, 0.1) is 12.7 Å². The highest BCUT2D eigenvalue weighted by atomic mass is 19.1. The van der Waals surface area contributed by atoms with E-state index < -0.39 is 0 Å². The Morgan fingerprint density at radius 3 is 2.45 bits per heavy atom. The number of hydrogen-bond acceptors (Lipinski definition) is 2. The van der Waals surface area contributed by atoms with Crippen LogP contribution in [0.5, 0.6) is 0 Å².